The summed E-state index contributed by atoms with van der Waals surface area (Å²) in [4.78, 5) is 21.8. The molecular formula is C19H26N4O3. The monoisotopic (exact) mass is 358 g/mol. The Morgan fingerprint density at radius 1 is 1.23 bits per heavy atom. The summed E-state index contributed by atoms with van der Waals surface area (Å²) in [6.07, 6.45) is 5.24. The molecule has 4 heterocycles. The lowest BCUT2D eigenvalue weighted by atomic mass is 10.0. The van der Waals surface area contributed by atoms with E-state index in [4.69, 9.17) is 4.74 Å². The Hall–Kier alpha value is -1.96. The first-order chi connectivity index (χ1) is 12.7. The zero-order valence-corrected chi connectivity index (χ0v) is 15.0. The molecule has 0 saturated carbocycles. The van der Waals surface area contributed by atoms with E-state index in [1.165, 1.54) is 23.7 Å². The molecule has 0 unspecified atom stereocenters. The lowest BCUT2D eigenvalue weighted by Crippen LogP contribution is -2.49. The number of fused-ring (bicyclic) bond motifs is 1. The second-order valence-corrected chi connectivity index (χ2v) is 7.21. The van der Waals surface area contributed by atoms with E-state index in [1.54, 1.807) is 24.4 Å². The van der Waals surface area contributed by atoms with Gasteiger partial charge in [0.25, 0.3) is 5.56 Å². The van der Waals surface area contributed by atoms with E-state index in [-0.39, 0.29) is 11.3 Å². The number of aromatic hydroxyl groups is 1. The lowest BCUT2D eigenvalue weighted by molar-refractivity contribution is 0.0151. The predicted molar refractivity (Wildman–Crippen MR) is 98.4 cm³/mol. The maximum Gasteiger partial charge on any atom is 0.258 e. The van der Waals surface area contributed by atoms with Gasteiger partial charge in [0.1, 0.15) is 0 Å². The van der Waals surface area contributed by atoms with Crippen LogP contribution in [0.4, 0.5) is 0 Å². The molecule has 0 aliphatic carbocycles. The standard InChI is InChI=1S/C19H26N4O3/c24-17-5-3-7-23-18(25)12-15(20-19(17)23)13-22-6-2-1-4-16(22)14-21-8-10-26-11-9-21/h3,5,7,12,16,24H,1-2,4,6,8-11,13-14H2/t16-/m0/s1. The quantitative estimate of drug-likeness (QED) is 0.882. The van der Waals surface area contributed by atoms with Gasteiger partial charge in [-0.2, -0.15) is 0 Å². The highest BCUT2D eigenvalue weighted by atomic mass is 16.5. The Morgan fingerprint density at radius 2 is 2.08 bits per heavy atom. The molecule has 0 amide bonds. The zero-order valence-electron chi connectivity index (χ0n) is 15.0. The van der Waals surface area contributed by atoms with Gasteiger partial charge < -0.3 is 9.84 Å². The van der Waals surface area contributed by atoms with Crippen LogP contribution in [0.5, 0.6) is 5.75 Å². The number of piperidine rings is 1. The summed E-state index contributed by atoms with van der Waals surface area (Å²) >= 11 is 0. The molecule has 2 aromatic rings. The summed E-state index contributed by atoms with van der Waals surface area (Å²) < 4.78 is 6.84. The van der Waals surface area contributed by atoms with Crippen LogP contribution in [-0.2, 0) is 11.3 Å². The molecule has 2 saturated heterocycles. The second-order valence-electron chi connectivity index (χ2n) is 7.21. The van der Waals surface area contributed by atoms with E-state index in [1.807, 2.05) is 0 Å². The third-order valence-electron chi connectivity index (χ3n) is 5.41. The van der Waals surface area contributed by atoms with Gasteiger partial charge in [0.05, 0.1) is 18.9 Å². The summed E-state index contributed by atoms with van der Waals surface area (Å²) in [6, 6.07) is 5.28. The van der Waals surface area contributed by atoms with E-state index in [9.17, 15) is 9.90 Å². The molecule has 0 bridgehead atoms. The van der Waals surface area contributed by atoms with Gasteiger partial charge in [-0.1, -0.05) is 6.42 Å². The summed E-state index contributed by atoms with van der Waals surface area (Å²) in [5.41, 5.74) is 0.907. The van der Waals surface area contributed by atoms with E-state index in [0.29, 0.717) is 18.2 Å². The molecule has 2 aliphatic rings. The number of likely N-dealkylation sites (tertiary alicyclic amines) is 1. The SMILES string of the molecule is O=c1cc(CN2CCCC[C@H]2CN2CCOCC2)nc2c(O)cccn12. The van der Waals surface area contributed by atoms with Gasteiger partial charge in [-0.15, -0.1) is 0 Å². The number of hydrogen-bond donors (Lipinski definition) is 1. The maximum absolute atomic E-state index is 12.4. The third kappa shape index (κ3) is 3.75. The highest BCUT2D eigenvalue weighted by Crippen LogP contribution is 2.21. The third-order valence-corrected chi connectivity index (χ3v) is 5.41. The predicted octanol–water partition coefficient (Wildman–Crippen LogP) is 1.09. The number of hydrogen-bond acceptors (Lipinski definition) is 6. The molecule has 2 aliphatic heterocycles. The molecule has 1 N–H and O–H groups in total. The molecule has 0 aromatic carbocycles. The van der Waals surface area contributed by atoms with Gasteiger partial charge in [-0.25, -0.2) is 4.98 Å². The van der Waals surface area contributed by atoms with Crippen molar-refractivity contribution in [2.24, 2.45) is 0 Å². The highest BCUT2D eigenvalue weighted by molar-refractivity contribution is 5.52. The molecule has 2 fully saturated rings. The van der Waals surface area contributed by atoms with Gasteiger partial charge >= 0.3 is 0 Å². The van der Waals surface area contributed by atoms with E-state index < -0.39 is 0 Å². The average molecular weight is 358 g/mol. The van der Waals surface area contributed by atoms with Crippen LogP contribution in [0.25, 0.3) is 5.65 Å². The van der Waals surface area contributed by atoms with Crippen molar-refractivity contribution in [3.8, 4) is 5.75 Å². The minimum Gasteiger partial charge on any atom is -0.504 e. The van der Waals surface area contributed by atoms with E-state index >= 15 is 0 Å². The molecule has 0 radical (unpaired) electrons. The van der Waals surface area contributed by atoms with Gasteiger partial charge in [0.2, 0.25) is 0 Å². The Labute approximate surface area is 152 Å². The van der Waals surface area contributed by atoms with Crippen LogP contribution in [0, 0.1) is 0 Å². The maximum atomic E-state index is 12.4. The van der Waals surface area contributed by atoms with Gasteiger partial charge in [-0.3, -0.25) is 19.0 Å². The summed E-state index contributed by atoms with van der Waals surface area (Å²) in [5.74, 6) is 0.0370. The van der Waals surface area contributed by atoms with Crippen molar-refractivity contribution < 1.29 is 9.84 Å². The molecule has 0 spiro atoms. The summed E-state index contributed by atoms with van der Waals surface area (Å²) in [5, 5.41) is 10.0. The molecule has 4 rings (SSSR count). The topological polar surface area (TPSA) is 70.3 Å². The Kier molecular flexibility index (Phi) is 5.19. The van der Waals surface area contributed by atoms with Gasteiger partial charge in [0.15, 0.2) is 11.4 Å². The van der Waals surface area contributed by atoms with Crippen LogP contribution in [-0.4, -0.2) is 69.7 Å². The number of aromatic nitrogens is 2. The Morgan fingerprint density at radius 3 is 2.92 bits per heavy atom. The summed E-state index contributed by atoms with van der Waals surface area (Å²) in [7, 11) is 0. The molecule has 140 valence electrons. The number of ether oxygens (including phenoxy) is 1. The Balaban J connectivity index is 1.53. The van der Waals surface area contributed by atoms with Crippen LogP contribution < -0.4 is 5.56 Å². The van der Waals surface area contributed by atoms with Crippen molar-refractivity contribution in [1.82, 2.24) is 19.2 Å². The lowest BCUT2D eigenvalue weighted by Gasteiger charge is -2.39. The molecular weight excluding hydrogens is 332 g/mol. The van der Waals surface area contributed by atoms with Crippen molar-refractivity contribution in [2.45, 2.75) is 31.8 Å². The Bertz CT molecular complexity index is 816. The number of morpholine rings is 1. The van der Waals surface area contributed by atoms with Crippen LogP contribution in [0.15, 0.2) is 29.2 Å². The van der Waals surface area contributed by atoms with Crippen molar-refractivity contribution in [2.75, 3.05) is 39.4 Å². The minimum absolute atomic E-state index is 0.0370. The van der Waals surface area contributed by atoms with Gasteiger partial charge in [0, 0.05) is 44.5 Å². The fraction of sp³-hybridized carbons (Fsp3) is 0.579. The van der Waals surface area contributed by atoms with E-state index in [2.05, 4.69) is 14.8 Å². The van der Waals surface area contributed by atoms with Crippen LogP contribution in [0.2, 0.25) is 0 Å². The highest BCUT2D eigenvalue weighted by Gasteiger charge is 2.26. The molecule has 26 heavy (non-hydrogen) atoms. The average Bonchev–Trinajstić information content (AvgIpc) is 2.65. The zero-order chi connectivity index (χ0) is 17.9. The number of rotatable bonds is 4. The van der Waals surface area contributed by atoms with Crippen LogP contribution in [0.3, 0.4) is 0 Å². The first-order valence-corrected chi connectivity index (χ1v) is 9.45. The van der Waals surface area contributed by atoms with Crippen molar-refractivity contribution in [3.63, 3.8) is 0 Å². The van der Waals surface area contributed by atoms with E-state index in [0.717, 1.165) is 45.1 Å². The van der Waals surface area contributed by atoms with Crippen LogP contribution in [0.1, 0.15) is 25.0 Å². The molecule has 1 atom stereocenters. The fourth-order valence-corrected chi connectivity index (χ4v) is 4.00. The van der Waals surface area contributed by atoms with Crippen molar-refractivity contribution in [1.29, 1.82) is 0 Å². The van der Waals surface area contributed by atoms with Gasteiger partial charge in [-0.05, 0) is 31.5 Å². The molecule has 2 aromatic heterocycles. The normalized spacial score (nSPS) is 22.7. The molecule has 7 nitrogen and oxygen atoms in total. The number of nitrogens with zero attached hydrogens (tertiary/aromatic N) is 4. The van der Waals surface area contributed by atoms with Crippen LogP contribution >= 0.6 is 0 Å². The molecule has 7 heteroatoms. The first-order valence-electron chi connectivity index (χ1n) is 9.45. The fourth-order valence-electron chi connectivity index (χ4n) is 4.00. The first kappa shape index (κ1) is 17.5. The number of pyridine rings is 1. The summed E-state index contributed by atoms with van der Waals surface area (Å²) in [6.45, 7) is 6.33. The largest absolute Gasteiger partial charge is 0.504 e. The van der Waals surface area contributed by atoms with Crippen molar-refractivity contribution >= 4 is 5.65 Å². The minimum atomic E-state index is -0.150. The van der Waals surface area contributed by atoms with Crippen molar-refractivity contribution in [3.05, 3.63) is 40.4 Å². The smallest absolute Gasteiger partial charge is 0.258 e. The second kappa shape index (κ2) is 7.73.